The average Bonchev–Trinajstić information content (AvgIpc) is 2.65. The summed E-state index contributed by atoms with van der Waals surface area (Å²) in [5.74, 6) is -0.735. The molecule has 6 nitrogen and oxygen atoms in total. The van der Waals surface area contributed by atoms with Gasteiger partial charge in [-0.05, 0) is 59.0 Å². The number of carbonyl (C=O) groups excluding carboxylic acids is 2. The lowest BCUT2D eigenvalue weighted by atomic mass is 10.2. The number of phenols is 1. The van der Waals surface area contributed by atoms with Crippen LogP contribution in [0.15, 0.2) is 41.4 Å². The molecule has 1 saturated heterocycles. The monoisotopic (exact) mass is 549 g/mol. The highest BCUT2D eigenvalue weighted by Crippen LogP contribution is 2.37. The Hall–Kier alpha value is -1.49. The Kier molecular flexibility index (Phi) is 6.74. The number of aromatic hydroxyl groups is 1. The average molecular weight is 550 g/mol. The van der Waals surface area contributed by atoms with Crippen molar-refractivity contribution in [1.29, 1.82) is 0 Å². The second-order valence-electron chi connectivity index (χ2n) is 5.91. The van der Waals surface area contributed by atoms with Crippen LogP contribution in [0.4, 0.5) is 11.4 Å². The molecule has 0 aromatic heterocycles. The van der Waals surface area contributed by atoms with Crippen molar-refractivity contribution < 1.29 is 14.7 Å². The zero-order chi connectivity index (χ0) is 20.4. The van der Waals surface area contributed by atoms with Crippen molar-refractivity contribution in [3.8, 4) is 5.75 Å². The number of carbonyl (C=O) groups is 2. The molecule has 0 bridgehead atoms. The zero-order valence-corrected chi connectivity index (χ0v) is 18.9. The van der Waals surface area contributed by atoms with Crippen molar-refractivity contribution in [2.45, 2.75) is 11.7 Å². The van der Waals surface area contributed by atoms with Crippen molar-refractivity contribution in [3.05, 3.63) is 50.0 Å². The molecule has 1 fully saturated rings. The predicted molar refractivity (Wildman–Crippen MR) is 122 cm³/mol. The third-order valence-corrected chi connectivity index (χ3v) is 6.44. The fraction of sp³-hybridized carbons (Fsp3) is 0.167. The van der Waals surface area contributed by atoms with Gasteiger partial charge in [0.1, 0.15) is 5.25 Å². The molecule has 1 aliphatic heterocycles. The maximum atomic E-state index is 12.6. The molecule has 0 radical (unpaired) electrons. The molecule has 3 rings (SSSR count). The SMILES string of the molecule is CN1C(=O)CC(C(=O)Nc2ccc(I)cc2)SC1=Nc1cc(Cl)c(O)c(Cl)c1. The smallest absolute Gasteiger partial charge is 0.238 e. The number of benzene rings is 2. The minimum atomic E-state index is -0.621. The fourth-order valence-electron chi connectivity index (χ4n) is 2.38. The van der Waals surface area contributed by atoms with Gasteiger partial charge in [0.05, 0.1) is 15.7 Å². The van der Waals surface area contributed by atoms with Crippen LogP contribution in [0.5, 0.6) is 5.75 Å². The van der Waals surface area contributed by atoms with Crippen LogP contribution in [-0.4, -0.2) is 39.3 Å². The standard InChI is InChI=1S/C18H14Cl2IN3O3S/c1-24-15(25)8-14(17(27)22-10-4-2-9(21)3-5-10)28-18(24)23-11-6-12(19)16(26)13(20)7-11/h2-7,14,26H,8H2,1H3,(H,22,27). The molecule has 2 N–H and O–H groups in total. The van der Waals surface area contributed by atoms with E-state index in [1.807, 2.05) is 12.1 Å². The van der Waals surface area contributed by atoms with Crippen molar-refractivity contribution in [2.24, 2.45) is 4.99 Å². The van der Waals surface area contributed by atoms with E-state index in [-0.39, 0.29) is 34.0 Å². The quantitative estimate of drug-likeness (QED) is 0.534. The molecule has 1 heterocycles. The Morgan fingerprint density at radius 2 is 1.89 bits per heavy atom. The Labute approximate surface area is 189 Å². The topological polar surface area (TPSA) is 82.0 Å². The molecule has 0 saturated carbocycles. The van der Waals surface area contributed by atoms with Gasteiger partial charge in [0.25, 0.3) is 0 Å². The molecular formula is C18H14Cl2IN3O3S. The van der Waals surface area contributed by atoms with Crippen LogP contribution in [0.1, 0.15) is 6.42 Å². The largest absolute Gasteiger partial charge is 0.505 e. The molecule has 1 atom stereocenters. The van der Waals surface area contributed by atoms with Gasteiger partial charge in [-0.15, -0.1) is 0 Å². The maximum absolute atomic E-state index is 12.6. The number of nitrogens with zero attached hydrogens (tertiary/aromatic N) is 2. The van der Waals surface area contributed by atoms with Crippen molar-refractivity contribution in [3.63, 3.8) is 0 Å². The summed E-state index contributed by atoms with van der Waals surface area (Å²) in [6, 6.07) is 10.2. The predicted octanol–water partition coefficient (Wildman–Crippen LogP) is 4.89. The minimum absolute atomic E-state index is 0.0506. The molecule has 146 valence electrons. The summed E-state index contributed by atoms with van der Waals surface area (Å²) in [6.45, 7) is 0. The van der Waals surface area contributed by atoms with Gasteiger partial charge in [0, 0.05) is 22.7 Å². The first kappa shape index (κ1) is 21.2. The van der Waals surface area contributed by atoms with Gasteiger partial charge >= 0.3 is 0 Å². The molecular weight excluding hydrogens is 536 g/mol. The van der Waals surface area contributed by atoms with E-state index in [0.717, 1.165) is 3.57 Å². The van der Waals surface area contributed by atoms with Gasteiger partial charge in [-0.25, -0.2) is 4.99 Å². The van der Waals surface area contributed by atoms with E-state index in [0.29, 0.717) is 16.5 Å². The highest BCUT2D eigenvalue weighted by atomic mass is 127. The number of amides is 2. The van der Waals surface area contributed by atoms with Crippen LogP contribution >= 0.6 is 57.6 Å². The van der Waals surface area contributed by atoms with Gasteiger partial charge in [0.15, 0.2) is 10.9 Å². The van der Waals surface area contributed by atoms with Crippen LogP contribution in [0.2, 0.25) is 10.0 Å². The van der Waals surface area contributed by atoms with Crippen molar-refractivity contribution >= 4 is 85.9 Å². The van der Waals surface area contributed by atoms with Gasteiger partial charge in [-0.3, -0.25) is 14.5 Å². The summed E-state index contributed by atoms with van der Waals surface area (Å²) in [7, 11) is 1.59. The van der Waals surface area contributed by atoms with Crippen LogP contribution in [0.25, 0.3) is 0 Å². The second-order valence-corrected chi connectivity index (χ2v) is 9.14. The fourth-order valence-corrected chi connectivity index (χ4v) is 4.28. The first-order valence-corrected chi connectivity index (χ1v) is 10.7. The first-order valence-electron chi connectivity index (χ1n) is 8.01. The molecule has 1 aliphatic rings. The Morgan fingerprint density at radius 1 is 1.29 bits per heavy atom. The number of anilines is 1. The summed E-state index contributed by atoms with van der Waals surface area (Å²) < 4.78 is 1.06. The van der Waals surface area contributed by atoms with E-state index in [9.17, 15) is 14.7 Å². The van der Waals surface area contributed by atoms with E-state index in [2.05, 4.69) is 32.9 Å². The minimum Gasteiger partial charge on any atom is -0.505 e. The summed E-state index contributed by atoms with van der Waals surface area (Å²) in [6.07, 6.45) is 0.0630. The molecule has 2 aromatic rings. The van der Waals surface area contributed by atoms with E-state index in [4.69, 9.17) is 23.2 Å². The summed E-state index contributed by atoms with van der Waals surface area (Å²) in [5.41, 5.74) is 1.03. The number of amidine groups is 1. The lowest BCUT2D eigenvalue weighted by Crippen LogP contribution is -2.43. The van der Waals surface area contributed by atoms with Crippen molar-refractivity contribution in [2.75, 3.05) is 12.4 Å². The van der Waals surface area contributed by atoms with Gasteiger partial charge < -0.3 is 10.4 Å². The van der Waals surface area contributed by atoms with Crippen LogP contribution in [-0.2, 0) is 9.59 Å². The van der Waals surface area contributed by atoms with Gasteiger partial charge in [-0.2, -0.15) is 0 Å². The lowest BCUT2D eigenvalue weighted by Gasteiger charge is -2.28. The highest BCUT2D eigenvalue weighted by Gasteiger charge is 2.34. The van der Waals surface area contributed by atoms with Crippen LogP contribution < -0.4 is 5.32 Å². The Balaban J connectivity index is 1.81. The molecule has 2 aromatic carbocycles. The number of phenolic OH excluding ortho intramolecular Hbond substituents is 1. The number of hydrogen-bond donors (Lipinski definition) is 2. The third-order valence-electron chi connectivity index (χ3n) is 3.90. The molecule has 1 unspecified atom stereocenters. The van der Waals surface area contributed by atoms with Crippen LogP contribution in [0, 0.1) is 3.57 Å². The lowest BCUT2D eigenvalue weighted by molar-refractivity contribution is -0.128. The van der Waals surface area contributed by atoms with Gasteiger partial charge in [0.2, 0.25) is 11.8 Å². The van der Waals surface area contributed by atoms with Crippen LogP contribution in [0.3, 0.4) is 0 Å². The first-order chi connectivity index (χ1) is 13.2. The third kappa shape index (κ3) is 4.91. The zero-order valence-electron chi connectivity index (χ0n) is 14.4. The summed E-state index contributed by atoms with van der Waals surface area (Å²) in [4.78, 5) is 30.7. The molecule has 10 heteroatoms. The number of nitrogens with one attached hydrogen (secondary N) is 1. The Bertz CT molecular complexity index is 946. The number of rotatable bonds is 3. The van der Waals surface area contributed by atoms with Gasteiger partial charge in [-0.1, -0.05) is 35.0 Å². The van der Waals surface area contributed by atoms with E-state index >= 15 is 0 Å². The number of aliphatic imine (C=N–C) groups is 1. The molecule has 28 heavy (non-hydrogen) atoms. The molecule has 0 spiro atoms. The number of halogens is 3. The van der Waals surface area contributed by atoms with E-state index in [1.165, 1.54) is 28.8 Å². The van der Waals surface area contributed by atoms with Crippen molar-refractivity contribution in [1.82, 2.24) is 4.90 Å². The number of hydrogen-bond acceptors (Lipinski definition) is 5. The Morgan fingerprint density at radius 3 is 2.50 bits per heavy atom. The van der Waals surface area contributed by atoms with E-state index in [1.54, 1.807) is 19.2 Å². The number of thioether (sulfide) groups is 1. The maximum Gasteiger partial charge on any atom is 0.238 e. The second kappa shape index (κ2) is 8.89. The molecule has 2 amide bonds. The van der Waals surface area contributed by atoms with E-state index < -0.39 is 5.25 Å². The highest BCUT2D eigenvalue weighted by molar-refractivity contribution is 14.1. The summed E-state index contributed by atoms with van der Waals surface area (Å²) >= 11 is 15.2. The summed E-state index contributed by atoms with van der Waals surface area (Å²) in [5, 5.41) is 12.3. The molecule has 0 aliphatic carbocycles. The normalized spacial score (nSPS) is 18.4.